The van der Waals surface area contributed by atoms with E-state index in [4.69, 9.17) is 14.2 Å². The number of methoxy groups -OCH3 is 1. The minimum Gasteiger partial charge on any atom is -0.490 e. The van der Waals surface area contributed by atoms with E-state index >= 15 is 0 Å². The highest BCUT2D eigenvalue weighted by Gasteiger charge is 2.39. The van der Waals surface area contributed by atoms with Gasteiger partial charge in [0.2, 0.25) is 0 Å². The molecule has 0 saturated heterocycles. The Labute approximate surface area is 241 Å². The summed E-state index contributed by atoms with van der Waals surface area (Å²) >= 11 is 1.31. The number of thiazole rings is 1. The van der Waals surface area contributed by atoms with Crippen molar-refractivity contribution in [1.82, 2.24) is 10.3 Å². The molecule has 4 rings (SSSR count). The second kappa shape index (κ2) is 12.6. The summed E-state index contributed by atoms with van der Waals surface area (Å²) in [4.78, 5) is 42.0. The molecule has 0 unspecified atom stereocenters. The second-order valence-electron chi connectivity index (χ2n) is 8.97. The van der Waals surface area contributed by atoms with Crippen LogP contribution in [0, 0.1) is 10.1 Å². The number of carbonyl (C=O) groups excluding carboxylic acids is 2. The van der Waals surface area contributed by atoms with Crippen LogP contribution in [-0.2, 0) is 19.1 Å². The van der Waals surface area contributed by atoms with Crippen LogP contribution in [0.15, 0.2) is 70.4 Å². The average Bonchev–Trinajstić information content (AvgIpc) is 3.41. The number of benzene rings is 2. The van der Waals surface area contributed by atoms with Crippen LogP contribution in [0.25, 0.3) is 11.3 Å². The van der Waals surface area contributed by atoms with E-state index < -0.39 is 22.8 Å². The minimum absolute atomic E-state index is 0.157. The number of nitrogens with zero attached hydrogens (tertiary/aromatic N) is 2. The molecule has 0 atom stereocenters. The maximum atomic E-state index is 13.2. The number of dihydropyridines is 1. The molecule has 2 aromatic carbocycles. The van der Waals surface area contributed by atoms with Gasteiger partial charge in [-0.15, -0.1) is 11.3 Å². The molecule has 3 aromatic rings. The average molecular weight is 579 g/mol. The molecule has 0 fully saturated rings. The van der Waals surface area contributed by atoms with Gasteiger partial charge in [-0.3, -0.25) is 10.1 Å². The molecule has 1 aromatic heterocycles. The molecule has 0 aliphatic carbocycles. The highest BCUT2D eigenvalue weighted by atomic mass is 32.1. The van der Waals surface area contributed by atoms with Crippen molar-refractivity contribution in [1.29, 1.82) is 0 Å². The number of hydrogen-bond acceptors (Lipinski definition) is 11. The number of aromatic nitrogens is 1. The van der Waals surface area contributed by atoms with E-state index in [1.54, 1.807) is 39.1 Å². The molecule has 2 N–H and O–H groups in total. The standard InChI is InChI=1S/C29H30N4O7S/c1-6-39-27(34)24-16(3)30-17(4)25(28(35)40-7-2)26(24)19-10-8-9-11-20(19)31-29-32-21(15-41-29)18-12-13-23(38-5)22(14-18)33(36)37/h8-15,26,30H,6-7H2,1-5H3,(H,31,32). The predicted molar refractivity (Wildman–Crippen MR) is 155 cm³/mol. The molecule has 1 aliphatic rings. The van der Waals surface area contributed by atoms with Crippen LogP contribution in [0.5, 0.6) is 5.75 Å². The number of esters is 2. The molecule has 1 aliphatic heterocycles. The predicted octanol–water partition coefficient (Wildman–Crippen LogP) is 5.83. The summed E-state index contributed by atoms with van der Waals surface area (Å²) in [7, 11) is 1.38. The summed E-state index contributed by atoms with van der Waals surface area (Å²) in [5.74, 6) is -1.69. The van der Waals surface area contributed by atoms with E-state index in [1.165, 1.54) is 30.6 Å². The van der Waals surface area contributed by atoms with Crippen molar-refractivity contribution in [3.8, 4) is 17.0 Å². The largest absolute Gasteiger partial charge is 0.490 e. The Balaban J connectivity index is 1.76. The van der Waals surface area contributed by atoms with E-state index in [2.05, 4.69) is 15.6 Å². The first-order valence-corrected chi connectivity index (χ1v) is 13.7. The lowest BCUT2D eigenvalue weighted by Gasteiger charge is -2.31. The molecule has 11 nitrogen and oxygen atoms in total. The maximum absolute atomic E-state index is 13.2. The number of anilines is 2. The first-order chi connectivity index (χ1) is 19.7. The quantitative estimate of drug-likeness (QED) is 0.171. The van der Waals surface area contributed by atoms with Gasteiger partial charge in [-0.2, -0.15) is 0 Å². The van der Waals surface area contributed by atoms with Crippen molar-refractivity contribution in [2.24, 2.45) is 0 Å². The summed E-state index contributed by atoms with van der Waals surface area (Å²) in [5.41, 5.74) is 3.96. The Bertz CT molecular complexity index is 1520. The molecule has 41 heavy (non-hydrogen) atoms. The lowest BCUT2D eigenvalue weighted by atomic mass is 9.79. The number of allylic oxidation sites excluding steroid dienone is 2. The normalized spacial score (nSPS) is 13.5. The monoisotopic (exact) mass is 578 g/mol. The fourth-order valence-corrected chi connectivity index (χ4v) is 5.43. The number of nitrogens with one attached hydrogen (secondary N) is 2. The highest BCUT2D eigenvalue weighted by molar-refractivity contribution is 7.14. The van der Waals surface area contributed by atoms with E-state index in [0.717, 1.165) is 0 Å². The topological polar surface area (TPSA) is 142 Å². The third kappa shape index (κ3) is 6.07. The highest BCUT2D eigenvalue weighted by Crippen LogP contribution is 2.43. The fourth-order valence-electron chi connectivity index (χ4n) is 4.70. The van der Waals surface area contributed by atoms with Crippen LogP contribution < -0.4 is 15.4 Å². The van der Waals surface area contributed by atoms with Crippen LogP contribution in [0.3, 0.4) is 0 Å². The Morgan fingerprint density at radius 2 is 1.68 bits per heavy atom. The number of carbonyl (C=O) groups is 2. The molecule has 214 valence electrons. The van der Waals surface area contributed by atoms with Crippen LogP contribution in [-0.4, -0.2) is 42.2 Å². The van der Waals surface area contributed by atoms with Crippen molar-refractivity contribution in [2.75, 3.05) is 25.6 Å². The zero-order valence-corrected chi connectivity index (χ0v) is 24.1. The first-order valence-electron chi connectivity index (χ1n) is 12.9. The van der Waals surface area contributed by atoms with E-state index in [1.807, 2.05) is 24.3 Å². The Morgan fingerprint density at radius 3 is 2.27 bits per heavy atom. The van der Waals surface area contributed by atoms with E-state index in [0.29, 0.717) is 50.2 Å². The van der Waals surface area contributed by atoms with Gasteiger partial charge in [0.25, 0.3) is 0 Å². The molecule has 0 bridgehead atoms. The number of para-hydroxylation sites is 1. The molecule has 2 heterocycles. The summed E-state index contributed by atoms with van der Waals surface area (Å²) < 4.78 is 15.9. The van der Waals surface area contributed by atoms with Gasteiger partial charge in [-0.1, -0.05) is 18.2 Å². The van der Waals surface area contributed by atoms with Crippen molar-refractivity contribution in [2.45, 2.75) is 33.6 Å². The summed E-state index contributed by atoms with van der Waals surface area (Å²) in [6, 6.07) is 12.0. The first kappa shape index (κ1) is 29.3. The van der Waals surface area contributed by atoms with Crippen molar-refractivity contribution < 1.29 is 28.7 Å². The summed E-state index contributed by atoms with van der Waals surface area (Å²) in [5, 5.41) is 20.2. The van der Waals surface area contributed by atoms with Crippen LogP contribution in [0.4, 0.5) is 16.5 Å². The fraction of sp³-hybridized carbons (Fsp3) is 0.276. The summed E-state index contributed by atoms with van der Waals surface area (Å²) in [6.07, 6.45) is 0. The van der Waals surface area contributed by atoms with E-state index in [9.17, 15) is 19.7 Å². The van der Waals surface area contributed by atoms with Gasteiger partial charge in [-0.05, 0) is 51.5 Å². The number of ether oxygens (including phenoxy) is 3. The smallest absolute Gasteiger partial charge is 0.336 e. The lowest BCUT2D eigenvalue weighted by Crippen LogP contribution is -2.32. The Kier molecular flexibility index (Phi) is 9.03. The van der Waals surface area contributed by atoms with Gasteiger partial charge in [0.05, 0.1) is 48.0 Å². The molecule has 0 amide bonds. The Morgan fingerprint density at radius 1 is 1.05 bits per heavy atom. The SMILES string of the molecule is CCOC(=O)C1=C(C)NC(C)=C(C(=O)OCC)C1c1ccccc1Nc1nc(-c2ccc(OC)c([N+](=O)[O-])c2)cs1. The van der Waals surface area contributed by atoms with Crippen LogP contribution in [0.1, 0.15) is 39.2 Å². The van der Waals surface area contributed by atoms with Gasteiger partial charge in [0, 0.05) is 34.1 Å². The van der Waals surface area contributed by atoms with E-state index in [-0.39, 0.29) is 24.7 Å². The van der Waals surface area contributed by atoms with Gasteiger partial charge in [-0.25, -0.2) is 14.6 Å². The number of rotatable bonds is 10. The third-order valence-electron chi connectivity index (χ3n) is 6.44. The number of hydrogen-bond donors (Lipinski definition) is 2. The molecule has 0 saturated carbocycles. The maximum Gasteiger partial charge on any atom is 0.336 e. The summed E-state index contributed by atoms with van der Waals surface area (Å²) in [6.45, 7) is 7.32. The van der Waals surface area contributed by atoms with Gasteiger partial charge >= 0.3 is 17.6 Å². The zero-order valence-electron chi connectivity index (χ0n) is 23.3. The zero-order chi connectivity index (χ0) is 29.7. The molecule has 0 spiro atoms. The number of nitro groups is 1. The van der Waals surface area contributed by atoms with Crippen molar-refractivity contribution in [3.05, 3.63) is 86.1 Å². The van der Waals surface area contributed by atoms with Crippen molar-refractivity contribution in [3.63, 3.8) is 0 Å². The van der Waals surface area contributed by atoms with Gasteiger partial charge in [0.1, 0.15) is 0 Å². The molecular formula is C29H30N4O7S. The molecule has 0 radical (unpaired) electrons. The van der Waals surface area contributed by atoms with Crippen LogP contribution >= 0.6 is 11.3 Å². The van der Waals surface area contributed by atoms with Gasteiger partial charge < -0.3 is 24.8 Å². The van der Waals surface area contributed by atoms with Crippen LogP contribution in [0.2, 0.25) is 0 Å². The minimum atomic E-state index is -0.776. The Hall–Kier alpha value is -4.71. The third-order valence-corrected chi connectivity index (χ3v) is 7.20. The molecular weight excluding hydrogens is 548 g/mol. The van der Waals surface area contributed by atoms with Crippen molar-refractivity contribution >= 4 is 39.8 Å². The lowest BCUT2D eigenvalue weighted by molar-refractivity contribution is -0.385. The van der Waals surface area contributed by atoms with Gasteiger partial charge in [0.15, 0.2) is 10.9 Å². The molecule has 12 heteroatoms. The second-order valence-corrected chi connectivity index (χ2v) is 9.83. The number of nitro benzene ring substituents is 1.